The van der Waals surface area contributed by atoms with Crippen molar-refractivity contribution in [2.45, 2.75) is 84.5 Å². The van der Waals surface area contributed by atoms with Crippen LogP contribution in [0.5, 0.6) is 0 Å². The van der Waals surface area contributed by atoms with Crippen molar-refractivity contribution in [2.24, 2.45) is 23.5 Å². The molecular weight excluding hydrogens is 560 g/mol. The maximum Gasteiger partial charge on any atom is 0.333 e. The Hall–Kier alpha value is -3.71. The van der Waals surface area contributed by atoms with E-state index in [1.165, 1.54) is 24.0 Å². The van der Waals surface area contributed by atoms with E-state index in [0.717, 1.165) is 91.4 Å². The van der Waals surface area contributed by atoms with E-state index >= 15 is 0 Å². The molecule has 2 aliphatic carbocycles. The summed E-state index contributed by atoms with van der Waals surface area (Å²) in [5, 5.41) is 0. The Morgan fingerprint density at radius 2 is 1.69 bits per heavy atom. The van der Waals surface area contributed by atoms with E-state index in [1.807, 2.05) is 6.07 Å². The third kappa shape index (κ3) is 8.72. The molecule has 0 spiro atoms. The van der Waals surface area contributed by atoms with Gasteiger partial charge in [-0.15, -0.1) is 0 Å². The third-order valence-electron chi connectivity index (χ3n) is 9.71. The van der Waals surface area contributed by atoms with Gasteiger partial charge in [-0.25, -0.2) is 4.79 Å². The van der Waals surface area contributed by atoms with Gasteiger partial charge in [-0.05, 0) is 111 Å². The molecule has 0 heterocycles. The number of anilines is 3. The first-order valence-corrected chi connectivity index (χ1v) is 16.7. The van der Waals surface area contributed by atoms with Crippen LogP contribution in [0.15, 0.2) is 59.8 Å². The number of nitrogens with two attached hydrogens (primary N) is 4. The van der Waals surface area contributed by atoms with Crippen molar-refractivity contribution in [2.75, 3.05) is 37.5 Å². The SMILES string of the molecule is C=C(C)C(=O)OCC(COC)CC1CCC(C2=C(N)C=C(c3ccc(-c4ccc(CCCCC)c(N)c4N)cc3N)CC2)CC1. The first-order chi connectivity index (χ1) is 21.6. The zero-order valence-electron chi connectivity index (χ0n) is 27.6. The summed E-state index contributed by atoms with van der Waals surface area (Å²) in [5.41, 5.74) is 36.2. The van der Waals surface area contributed by atoms with Crippen LogP contribution in [-0.4, -0.2) is 26.3 Å². The Kier molecular flexibility index (Phi) is 12.2. The number of unbranched alkanes of at least 4 members (excludes halogenated alkanes) is 2. The van der Waals surface area contributed by atoms with Crippen LogP contribution < -0.4 is 22.9 Å². The lowest BCUT2D eigenvalue weighted by molar-refractivity contribution is -0.141. The molecule has 244 valence electrons. The van der Waals surface area contributed by atoms with Crippen LogP contribution in [0.1, 0.15) is 89.2 Å². The summed E-state index contributed by atoms with van der Waals surface area (Å²) in [6, 6.07) is 10.4. The first-order valence-electron chi connectivity index (χ1n) is 16.7. The average molecular weight is 615 g/mol. The van der Waals surface area contributed by atoms with Gasteiger partial charge in [0.25, 0.3) is 0 Å². The number of esters is 1. The van der Waals surface area contributed by atoms with Crippen LogP contribution in [0.2, 0.25) is 0 Å². The fraction of sp³-hybridized carbons (Fsp3) is 0.500. The number of ether oxygens (including phenoxy) is 2. The highest BCUT2D eigenvalue weighted by molar-refractivity contribution is 5.89. The maximum absolute atomic E-state index is 11.9. The van der Waals surface area contributed by atoms with Gasteiger partial charge in [0.05, 0.1) is 24.6 Å². The van der Waals surface area contributed by atoms with Gasteiger partial charge in [0.15, 0.2) is 0 Å². The van der Waals surface area contributed by atoms with Crippen LogP contribution in [0, 0.1) is 17.8 Å². The molecule has 2 aliphatic rings. The van der Waals surface area contributed by atoms with E-state index in [0.29, 0.717) is 42.0 Å². The molecule has 1 fully saturated rings. The minimum atomic E-state index is -0.331. The summed E-state index contributed by atoms with van der Waals surface area (Å²) in [6.45, 7) is 8.51. The highest BCUT2D eigenvalue weighted by atomic mass is 16.5. The summed E-state index contributed by atoms with van der Waals surface area (Å²) < 4.78 is 10.9. The van der Waals surface area contributed by atoms with Gasteiger partial charge in [0.2, 0.25) is 0 Å². The first kappa shape index (κ1) is 34.2. The largest absolute Gasteiger partial charge is 0.462 e. The molecule has 7 heteroatoms. The molecule has 0 aliphatic heterocycles. The third-order valence-corrected chi connectivity index (χ3v) is 9.71. The quantitative estimate of drug-likeness (QED) is 0.0736. The number of carbonyl (C=O) groups excluding carboxylic acids is 1. The van der Waals surface area contributed by atoms with Crippen molar-refractivity contribution in [3.05, 3.63) is 71.0 Å². The molecule has 2 aromatic carbocycles. The number of rotatable bonds is 14. The smallest absolute Gasteiger partial charge is 0.333 e. The van der Waals surface area contributed by atoms with Crippen LogP contribution in [-0.2, 0) is 20.7 Å². The Bertz CT molecular complexity index is 1420. The standard InChI is InChI=1S/C38H54N4O3/c1-5-6-7-8-28-13-18-33(37(42)36(28)41)30-15-17-32(35(40)21-30)29-14-16-31(34(39)20-29)27-11-9-25(10-12-27)19-26(22-44-4)23-45-38(43)24(2)3/h13,15,17-18,20-21,25-27H,2,5-12,14,16,19,22-23,39-42H2,1,3-4H3. The highest BCUT2D eigenvalue weighted by Gasteiger charge is 2.29. The minimum Gasteiger partial charge on any atom is -0.462 e. The predicted molar refractivity (Wildman–Crippen MR) is 188 cm³/mol. The van der Waals surface area contributed by atoms with Crippen LogP contribution >= 0.6 is 0 Å². The molecule has 1 unspecified atom stereocenters. The summed E-state index contributed by atoms with van der Waals surface area (Å²) in [5.74, 6) is 0.980. The monoisotopic (exact) mass is 614 g/mol. The Balaban J connectivity index is 1.39. The lowest BCUT2D eigenvalue weighted by atomic mass is 9.73. The zero-order valence-corrected chi connectivity index (χ0v) is 27.6. The molecule has 4 rings (SSSR count). The van der Waals surface area contributed by atoms with Gasteiger partial charge in [-0.3, -0.25) is 0 Å². The molecule has 7 nitrogen and oxygen atoms in total. The fourth-order valence-electron chi connectivity index (χ4n) is 7.11. The minimum absolute atomic E-state index is 0.199. The van der Waals surface area contributed by atoms with Crippen LogP contribution in [0.3, 0.4) is 0 Å². The van der Waals surface area contributed by atoms with E-state index in [9.17, 15) is 4.79 Å². The van der Waals surface area contributed by atoms with E-state index in [4.69, 9.17) is 32.4 Å². The predicted octanol–water partition coefficient (Wildman–Crippen LogP) is 7.80. The second kappa shape index (κ2) is 16.0. The fourth-order valence-corrected chi connectivity index (χ4v) is 7.11. The summed E-state index contributed by atoms with van der Waals surface area (Å²) in [7, 11) is 1.70. The number of aryl methyl sites for hydroxylation is 1. The van der Waals surface area contributed by atoms with Gasteiger partial charge in [-0.1, -0.05) is 50.6 Å². The molecular formula is C38H54N4O3. The molecule has 1 saturated carbocycles. The van der Waals surface area contributed by atoms with E-state index in [1.54, 1.807) is 14.0 Å². The van der Waals surface area contributed by atoms with Crippen LogP contribution in [0.4, 0.5) is 17.1 Å². The van der Waals surface area contributed by atoms with E-state index < -0.39 is 0 Å². The molecule has 0 aromatic heterocycles. The Morgan fingerprint density at radius 1 is 0.956 bits per heavy atom. The molecule has 0 amide bonds. The van der Waals surface area contributed by atoms with Crippen molar-refractivity contribution in [3.8, 4) is 11.1 Å². The lowest BCUT2D eigenvalue weighted by Gasteiger charge is -2.34. The second-order valence-corrected chi connectivity index (χ2v) is 13.2. The van der Waals surface area contributed by atoms with Crippen LogP contribution in [0.25, 0.3) is 16.7 Å². The van der Waals surface area contributed by atoms with Gasteiger partial charge in [-0.2, -0.15) is 0 Å². The number of benzene rings is 2. The molecule has 8 N–H and O–H groups in total. The number of nitrogen functional groups attached to an aromatic ring is 3. The summed E-state index contributed by atoms with van der Waals surface area (Å²) in [4.78, 5) is 11.9. The zero-order chi connectivity index (χ0) is 32.5. The van der Waals surface area contributed by atoms with Gasteiger partial charge in [0, 0.05) is 41.1 Å². The number of methoxy groups -OCH3 is 1. The molecule has 1 atom stereocenters. The summed E-state index contributed by atoms with van der Waals surface area (Å²) >= 11 is 0. The number of hydrogen-bond donors (Lipinski definition) is 4. The molecule has 2 aromatic rings. The normalized spacial score (nSPS) is 19.2. The van der Waals surface area contributed by atoms with Gasteiger partial charge >= 0.3 is 5.97 Å². The second-order valence-electron chi connectivity index (χ2n) is 13.2. The number of carbonyl (C=O) groups is 1. The van der Waals surface area contributed by atoms with Crippen molar-refractivity contribution >= 4 is 28.6 Å². The van der Waals surface area contributed by atoms with Crippen molar-refractivity contribution in [3.63, 3.8) is 0 Å². The highest BCUT2D eigenvalue weighted by Crippen LogP contribution is 2.43. The van der Waals surface area contributed by atoms with Crippen molar-refractivity contribution in [1.29, 1.82) is 0 Å². The topological polar surface area (TPSA) is 140 Å². The van der Waals surface area contributed by atoms with Gasteiger partial charge in [0.1, 0.15) is 0 Å². The molecule has 0 saturated heterocycles. The molecule has 45 heavy (non-hydrogen) atoms. The molecule has 0 radical (unpaired) electrons. The number of allylic oxidation sites excluding steroid dienone is 3. The summed E-state index contributed by atoms with van der Waals surface area (Å²) in [6.07, 6.45) is 14.0. The Labute approximate surface area is 270 Å². The number of hydrogen-bond acceptors (Lipinski definition) is 7. The van der Waals surface area contributed by atoms with Gasteiger partial charge < -0.3 is 32.4 Å². The van der Waals surface area contributed by atoms with Crippen molar-refractivity contribution < 1.29 is 14.3 Å². The maximum atomic E-state index is 11.9. The van der Waals surface area contributed by atoms with E-state index in [2.05, 4.69) is 43.8 Å². The Morgan fingerprint density at radius 3 is 2.33 bits per heavy atom. The lowest BCUT2D eigenvalue weighted by Crippen LogP contribution is -2.25. The molecule has 0 bridgehead atoms. The average Bonchev–Trinajstić information content (AvgIpc) is 3.02. The van der Waals surface area contributed by atoms with E-state index in [-0.39, 0.29) is 11.9 Å². The van der Waals surface area contributed by atoms with Crippen molar-refractivity contribution in [1.82, 2.24) is 0 Å².